The smallest absolute Gasteiger partial charge is 0.475 e. The molecule has 3 aliphatic rings. The van der Waals surface area contributed by atoms with Crippen LogP contribution in [0.5, 0.6) is 0 Å². The highest BCUT2D eigenvalue weighted by Crippen LogP contribution is 2.47. The molecule has 1 aliphatic heterocycles. The SMILES string of the molecule is CC/C(=C\c1ccccc1)[C@@H]1C[C@H]1NC1CC2(CNC2)C1.O=C(O)C(F)(F)F.O=C(O)C(F)(F)F. The summed E-state index contributed by atoms with van der Waals surface area (Å²) in [4.78, 5) is 17.8. The molecule has 0 aromatic heterocycles. The zero-order chi connectivity index (χ0) is 26.4. The Morgan fingerprint density at radius 1 is 1.03 bits per heavy atom. The standard InChI is InChI=1S/C19H26N2.2C2HF3O2/c1-2-15(8-14-6-4-3-5-7-14)17-9-18(17)21-16-10-19(11-16)12-20-13-19;2*3-2(4,5)1(6)7/h3-8,16-18,20-21H,2,9-13H2,1H3;2*(H,6,7)/b15-8+;;/t17-,18+;;/m0../s1. The Morgan fingerprint density at radius 3 is 1.89 bits per heavy atom. The zero-order valence-electron chi connectivity index (χ0n) is 18.9. The van der Waals surface area contributed by atoms with E-state index in [4.69, 9.17) is 19.8 Å². The van der Waals surface area contributed by atoms with Crippen LogP contribution in [0, 0.1) is 11.3 Å². The second kappa shape index (κ2) is 11.4. The van der Waals surface area contributed by atoms with Gasteiger partial charge in [0.1, 0.15) is 0 Å². The van der Waals surface area contributed by atoms with Crippen LogP contribution >= 0.6 is 0 Å². The van der Waals surface area contributed by atoms with E-state index in [0.717, 1.165) is 18.0 Å². The van der Waals surface area contributed by atoms with E-state index in [9.17, 15) is 26.3 Å². The number of carboxylic acids is 2. The molecule has 12 heteroatoms. The predicted molar refractivity (Wildman–Crippen MR) is 115 cm³/mol. The molecule has 0 amide bonds. The van der Waals surface area contributed by atoms with Crippen LogP contribution in [0.4, 0.5) is 26.3 Å². The lowest BCUT2D eigenvalue weighted by atomic mass is 9.61. The minimum absolute atomic E-state index is 0.690. The van der Waals surface area contributed by atoms with E-state index in [0.29, 0.717) is 5.41 Å². The lowest BCUT2D eigenvalue weighted by Crippen LogP contribution is -2.64. The van der Waals surface area contributed by atoms with E-state index >= 15 is 0 Å². The van der Waals surface area contributed by atoms with Crippen molar-refractivity contribution >= 4 is 18.0 Å². The summed E-state index contributed by atoms with van der Waals surface area (Å²) >= 11 is 0. The molecule has 1 aromatic rings. The van der Waals surface area contributed by atoms with Gasteiger partial charge in [-0.05, 0) is 42.6 Å². The van der Waals surface area contributed by atoms with Crippen molar-refractivity contribution in [2.75, 3.05) is 13.1 Å². The molecule has 1 spiro atoms. The third-order valence-corrected chi connectivity index (χ3v) is 6.12. The van der Waals surface area contributed by atoms with Crippen molar-refractivity contribution in [3.63, 3.8) is 0 Å². The zero-order valence-corrected chi connectivity index (χ0v) is 18.9. The van der Waals surface area contributed by atoms with Crippen LogP contribution in [0.25, 0.3) is 6.08 Å². The lowest BCUT2D eigenvalue weighted by molar-refractivity contribution is -0.193. The molecule has 2 saturated carbocycles. The number of alkyl halides is 6. The second-order valence-electron chi connectivity index (χ2n) is 8.91. The first kappa shape index (κ1) is 28.6. The van der Waals surface area contributed by atoms with Crippen LogP contribution < -0.4 is 10.6 Å². The monoisotopic (exact) mass is 510 g/mol. The predicted octanol–water partition coefficient (Wildman–Crippen LogP) is 4.48. The first-order valence-corrected chi connectivity index (χ1v) is 11.0. The van der Waals surface area contributed by atoms with Gasteiger partial charge in [-0.15, -0.1) is 0 Å². The molecule has 1 saturated heterocycles. The van der Waals surface area contributed by atoms with Crippen molar-refractivity contribution in [1.82, 2.24) is 10.6 Å². The summed E-state index contributed by atoms with van der Waals surface area (Å²) in [6.45, 7) is 4.81. The average molecular weight is 510 g/mol. The molecular weight excluding hydrogens is 482 g/mol. The fourth-order valence-corrected chi connectivity index (χ4v) is 4.20. The number of carboxylic acid groups (broad SMARTS) is 2. The molecule has 4 N–H and O–H groups in total. The van der Waals surface area contributed by atoms with Gasteiger partial charge in [-0.3, -0.25) is 0 Å². The number of hydrogen-bond acceptors (Lipinski definition) is 4. The summed E-state index contributed by atoms with van der Waals surface area (Å²) in [6.07, 6.45) is -2.45. The molecule has 2 atom stereocenters. The van der Waals surface area contributed by atoms with Crippen molar-refractivity contribution in [3.8, 4) is 0 Å². The van der Waals surface area contributed by atoms with Crippen LogP contribution in [0.15, 0.2) is 35.9 Å². The molecule has 196 valence electrons. The molecule has 1 heterocycles. The van der Waals surface area contributed by atoms with Gasteiger partial charge < -0.3 is 20.8 Å². The van der Waals surface area contributed by atoms with Gasteiger partial charge in [-0.25, -0.2) is 9.59 Å². The fourth-order valence-electron chi connectivity index (χ4n) is 4.20. The first-order chi connectivity index (χ1) is 16.2. The number of halogens is 6. The molecule has 0 radical (unpaired) electrons. The number of nitrogens with one attached hydrogen (secondary N) is 2. The topological polar surface area (TPSA) is 98.7 Å². The normalized spacial score (nSPS) is 23.0. The summed E-state index contributed by atoms with van der Waals surface area (Å²) in [5, 5.41) is 21.6. The maximum atomic E-state index is 10.6. The summed E-state index contributed by atoms with van der Waals surface area (Å²) in [7, 11) is 0. The van der Waals surface area contributed by atoms with Crippen LogP contribution in [-0.4, -0.2) is 59.7 Å². The van der Waals surface area contributed by atoms with Crippen LogP contribution in [0.3, 0.4) is 0 Å². The Morgan fingerprint density at radius 2 is 1.51 bits per heavy atom. The van der Waals surface area contributed by atoms with E-state index < -0.39 is 24.3 Å². The van der Waals surface area contributed by atoms with Crippen molar-refractivity contribution in [2.45, 2.75) is 57.0 Å². The van der Waals surface area contributed by atoms with Gasteiger partial charge in [0.15, 0.2) is 0 Å². The van der Waals surface area contributed by atoms with E-state index in [2.05, 4.69) is 54.0 Å². The third-order valence-electron chi connectivity index (χ3n) is 6.12. The lowest BCUT2D eigenvalue weighted by Gasteiger charge is -2.54. The number of benzene rings is 1. The summed E-state index contributed by atoms with van der Waals surface area (Å²) in [6, 6.07) is 12.3. The van der Waals surface area contributed by atoms with Crippen LogP contribution in [0.2, 0.25) is 0 Å². The van der Waals surface area contributed by atoms with Gasteiger partial charge in [-0.1, -0.05) is 48.9 Å². The Balaban J connectivity index is 0.000000257. The third kappa shape index (κ3) is 8.84. The number of carbonyl (C=O) groups is 2. The molecular formula is C23H28F6N2O4. The average Bonchev–Trinajstić information content (AvgIpc) is 3.46. The number of rotatable bonds is 5. The Kier molecular flexibility index (Phi) is 9.35. The van der Waals surface area contributed by atoms with E-state index in [-0.39, 0.29) is 0 Å². The quantitative estimate of drug-likeness (QED) is 0.437. The van der Waals surface area contributed by atoms with Gasteiger partial charge in [0.05, 0.1) is 0 Å². The highest BCUT2D eigenvalue weighted by atomic mass is 19.4. The summed E-state index contributed by atoms with van der Waals surface area (Å²) in [5.41, 5.74) is 3.66. The van der Waals surface area contributed by atoms with Crippen LogP contribution in [-0.2, 0) is 9.59 Å². The Hall–Kier alpha value is -2.60. The molecule has 1 aromatic carbocycles. The largest absolute Gasteiger partial charge is 0.490 e. The maximum absolute atomic E-state index is 10.6. The van der Waals surface area contributed by atoms with Gasteiger partial charge in [0, 0.05) is 25.2 Å². The van der Waals surface area contributed by atoms with E-state index in [1.807, 2.05) is 0 Å². The Bertz CT molecular complexity index is 866. The Labute approximate surface area is 198 Å². The number of hydrogen-bond donors (Lipinski definition) is 4. The minimum Gasteiger partial charge on any atom is -0.475 e. The van der Waals surface area contributed by atoms with Gasteiger partial charge >= 0.3 is 24.3 Å². The van der Waals surface area contributed by atoms with Gasteiger partial charge in [-0.2, -0.15) is 26.3 Å². The molecule has 0 unspecified atom stereocenters. The molecule has 3 fully saturated rings. The highest BCUT2D eigenvalue weighted by molar-refractivity contribution is 5.73. The van der Waals surface area contributed by atoms with Crippen molar-refractivity contribution in [1.29, 1.82) is 0 Å². The van der Waals surface area contributed by atoms with Gasteiger partial charge in [0.25, 0.3) is 0 Å². The summed E-state index contributed by atoms with van der Waals surface area (Å²) < 4.78 is 63.5. The first-order valence-electron chi connectivity index (χ1n) is 11.0. The molecule has 35 heavy (non-hydrogen) atoms. The van der Waals surface area contributed by atoms with E-state index in [1.165, 1.54) is 44.3 Å². The van der Waals surface area contributed by atoms with Crippen molar-refractivity contribution in [2.24, 2.45) is 11.3 Å². The maximum Gasteiger partial charge on any atom is 0.490 e. The van der Waals surface area contributed by atoms with Crippen molar-refractivity contribution in [3.05, 3.63) is 41.5 Å². The van der Waals surface area contributed by atoms with Gasteiger partial charge in [0.2, 0.25) is 0 Å². The highest BCUT2D eigenvalue weighted by Gasteiger charge is 2.51. The summed E-state index contributed by atoms with van der Waals surface area (Å²) in [5.74, 6) is -4.73. The number of aliphatic carboxylic acids is 2. The molecule has 0 bridgehead atoms. The molecule has 2 aliphatic carbocycles. The molecule has 4 rings (SSSR count). The minimum atomic E-state index is -5.08. The van der Waals surface area contributed by atoms with Crippen molar-refractivity contribution < 1.29 is 46.1 Å². The fraction of sp³-hybridized carbons (Fsp3) is 0.565. The van der Waals surface area contributed by atoms with Crippen LogP contribution in [0.1, 0.15) is 38.2 Å². The molecule has 6 nitrogen and oxygen atoms in total. The second-order valence-corrected chi connectivity index (χ2v) is 8.91. The van der Waals surface area contributed by atoms with E-state index in [1.54, 1.807) is 5.57 Å².